The summed E-state index contributed by atoms with van der Waals surface area (Å²) < 4.78 is 58.4. The summed E-state index contributed by atoms with van der Waals surface area (Å²) in [6.45, 7) is 11.5. The molecule has 400 valence electrons. The molecule has 0 aliphatic carbocycles. The van der Waals surface area contributed by atoms with Crippen molar-refractivity contribution < 1.29 is 51.8 Å². The maximum absolute atomic E-state index is 13.7. The van der Waals surface area contributed by atoms with Gasteiger partial charge < -0.3 is 52.1 Å². The first-order valence-corrected chi connectivity index (χ1v) is 26.7. The SMILES string of the molecule is CCc1c2c(nc3cc(OC(=O)NCCCOCC(COC(c4ccccc4)(c4ccc(OC)cc4)c4ccc(OC)cc4)OP(OCCC#N)N(C(C)C)C(C)C)ccc13)-c1cc3c(c(=O)n1C2)COC(=O)C3OC. The third-order valence-electron chi connectivity index (χ3n) is 13.4. The lowest BCUT2D eigenvalue weighted by atomic mass is 9.80. The fourth-order valence-corrected chi connectivity index (χ4v) is 11.6. The van der Waals surface area contributed by atoms with Crippen LogP contribution in [0.25, 0.3) is 22.3 Å². The molecule has 2 aromatic heterocycles. The van der Waals surface area contributed by atoms with Gasteiger partial charge in [0.15, 0.2) is 6.10 Å². The molecule has 2 aliphatic heterocycles. The summed E-state index contributed by atoms with van der Waals surface area (Å²) in [4.78, 5) is 44.5. The standard InChI is InChI=1S/C58H66N5O12P/c1-9-46-47-26-25-44(31-51(47)61-53-49(46)33-62-52(53)32-48-50(55(62)64)36-71-56(65)54(48)69-8)74-57(66)60-28-14-29-70-34-45(75-76(73-30-13-27-59)63(37(2)3)38(4)5)35-72-58(39-15-11-10-12-16-39,40-17-21-42(67-6)22-18-40)41-19-23-43(68-7)24-20-41/h10-12,15-26,31-32,37-38,45,54H,9,13-14,28-30,33-36H2,1-8H3,(H,60,66). The largest absolute Gasteiger partial charge is 0.497 e. The van der Waals surface area contributed by atoms with Gasteiger partial charge in [0, 0.05) is 54.9 Å². The van der Waals surface area contributed by atoms with Crippen molar-refractivity contribution in [2.75, 3.05) is 54.3 Å². The number of nitrogens with one attached hydrogen (secondary N) is 1. The van der Waals surface area contributed by atoms with Crippen molar-refractivity contribution in [2.45, 2.75) is 96.9 Å². The molecule has 4 aromatic carbocycles. The number of methoxy groups -OCH3 is 3. The molecule has 6 aromatic rings. The number of nitriles is 1. The fraction of sp³-hybridized carbons (Fsp3) is 0.397. The van der Waals surface area contributed by atoms with Crippen LogP contribution in [0.3, 0.4) is 0 Å². The average Bonchev–Trinajstić information content (AvgIpc) is 3.84. The number of rotatable bonds is 25. The Morgan fingerprint density at radius 3 is 2.14 bits per heavy atom. The van der Waals surface area contributed by atoms with Crippen molar-refractivity contribution in [3.8, 4) is 34.7 Å². The second kappa shape index (κ2) is 25.4. The van der Waals surface area contributed by atoms with Crippen molar-refractivity contribution >= 4 is 31.5 Å². The highest BCUT2D eigenvalue weighted by Crippen LogP contribution is 2.48. The lowest BCUT2D eigenvalue weighted by Gasteiger charge is -2.39. The summed E-state index contributed by atoms with van der Waals surface area (Å²) in [5, 5.41) is 13.2. The van der Waals surface area contributed by atoms with E-state index in [9.17, 15) is 19.6 Å². The predicted octanol–water partition coefficient (Wildman–Crippen LogP) is 9.91. The number of hydrogen-bond donors (Lipinski definition) is 1. The van der Waals surface area contributed by atoms with Crippen molar-refractivity contribution in [1.82, 2.24) is 19.5 Å². The molecule has 8 rings (SSSR count). The first-order chi connectivity index (χ1) is 36.8. The van der Waals surface area contributed by atoms with Crippen LogP contribution in [-0.4, -0.2) is 98.8 Å². The Balaban J connectivity index is 0.978. The first-order valence-electron chi connectivity index (χ1n) is 25.5. The van der Waals surface area contributed by atoms with E-state index >= 15 is 0 Å². The number of carbonyl (C=O) groups is 2. The molecule has 0 saturated heterocycles. The monoisotopic (exact) mass is 1060 g/mol. The number of amides is 1. The van der Waals surface area contributed by atoms with Gasteiger partial charge in [-0.05, 0) is 105 Å². The van der Waals surface area contributed by atoms with Gasteiger partial charge >= 0.3 is 12.1 Å². The molecule has 0 fully saturated rings. The van der Waals surface area contributed by atoms with Crippen LogP contribution in [0.1, 0.15) is 92.5 Å². The zero-order chi connectivity index (χ0) is 53.9. The molecule has 1 amide bonds. The fourth-order valence-electron chi connectivity index (χ4n) is 9.92. The number of benzene rings is 4. The minimum Gasteiger partial charge on any atom is -0.497 e. The van der Waals surface area contributed by atoms with Gasteiger partial charge in [-0.15, -0.1) is 0 Å². The Morgan fingerprint density at radius 1 is 0.868 bits per heavy atom. The molecule has 2 aliphatic rings. The number of esters is 1. The molecule has 0 bridgehead atoms. The maximum atomic E-state index is 13.7. The minimum atomic E-state index is -1.70. The lowest BCUT2D eigenvalue weighted by molar-refractivity contribution is -0.159. The lowest BCUT2D eigenvalue weighted by Crippen LogP contribution is -2.39. The number of fused-ring (bicyclic) bond motifs is 5. The summed E-state index contributed by atoms with van der Waals surface area (Å²) in [7, 11) is 2.98. The Morgan fingerprint density at radius 2 is 1.53 bits per heavy atom. The molecule has 1 N–H and O–H groups in total. The van der Waals surface area contributed by atoms with E-state index in [1.807, 2.05) is 91.9 Å². The molecule has 3 unspecified atom stereocenters. The number of carbonyl (C=O) groups excluding carboxylic acids is 2. The van der Waals surface area contributed by atoms with Crippen LogP contribution in [0.5, 0.6) is 17.2 Å². The van der Waals surface area contributed by atoms with E-state index in [0.29, 0.717) is 64.7 Å². The summed E-state index contributed by atoms with van der Waals surface area (Å²) in [5.41, 5.74) is 5.84. The van der Waals surface area contributed by atoms with Gasteiger partial charge in [-0.1, -0.05) is 61.5 Å². The van der Waals surface area contributed by atoms with E-state index in [1.54, 1.807) is 37.0 Å². The smallest absolute Gasteiger partial charge is 0.412 e. The van der Waals surface area contributed by atoms with Crippen LogP contribution < -0.4 is 25.1 Å². The van der Waals surface area contributed by atoms with Crippen molar-refractivity contribution in [3.05, 3.63) is 152 Å². The molecule has 4 heterocycles. The van der Waals surface area contributed by atoms with Crippen LogP contribution in [0, 0.1) is 11.3 Å². The van der Waals surface area contributed by atoms with Crippen LogP contribution in [0.15, 0.2) is 108 Å². The number of nitrogens with zero attached hydrogens (tertiary/aromatic N) is 4. The van der Waals surface area contributed by atoms with Crippen LogP contribution >= 0.6 is 8.53 Å². The highest BCUT2D eigenvalue weighted by Gasteiger charge is 2.40. The average molecular weight is 1060 g/mol. The van der Waals surface area contributed by atoms with Gasteiger partial charge in [-0.2, -0.15) is 5.26 Å². The maximum Gasteiger partial charge on any atom is 0.412 e. The summed E-state index contributed by atoms with van der Waals surface area (Å²) >= 11 is 0. The molecule has 76 heavy (non-hydrogen) atoms. The van der Waals surface area contributed by atoms with Gasteiger partial charge in [0.25, 0.3) is 14.1 Å². The Kier molecular flexibility index (Phi) is 18.5. The zero-order valence-corrected chi connectivity index (χ0v) is 45.2. The van der Waals surface area contributed by atoms with E-state index in [-0.39, 0.29) is 63.6 Å². The van der Waals surface area contributed by atoms with Crippen LogP contribution in [-0.2, 0) is 58.0 Å². The molecule has 0 spiro atoms. The molecule has 0 radical (unpaired) electrons. The normalized spacial score (nSPS) is 14.7. The van der Waals surface area contributed by atoms with E-state index in [2.05, 4.69) is 43.8 Å². The predicted molar refractivity (Wildman–Crippen MR) is 287 cm³/mol. The molecular weight excluding hydrogens is 990 g/mol. The van der Waals surface area contributed by atoms with Gasteiger partial charge in [0.2, 0.25) is 0 Å². The first kappa shape index (κ1) is 55.5. The topological polar surface area (TPSA) is 191 Å². The third-order valence-corrected chi connectivity index (χ3v) is 15.6. The molecule has 3 atom stereocenters. The van der Waals surface area contributed by atoms with E-state index in [1.165, 1.54) is 7.11 Å². The highest BCUT2D eigenvalue weighted by atomic mass is 31.2. The Labute approximate surface area is 444 Å². The molecule has 17 nitrogen and oxygen atoms in total. The molecular formula is C58H66N5O12P. The number of aryl methyl sites for hydroxylation is 1. The van der Waals surface area contributed by atoms with E-state index in [4.69, 9.17) is 47.2 Å². The Hall–Kier alpha value is -6.74. The van der Waals surface area contributed by atoms with Gasteiger partial charge in [-0.3, -0.25) is 4.79 Å². The second-order valence-electron chi connectivity index (χ2n) is 18.9. The quantitative estimate of drug-likeness (QED) is 0.0246. The summed E-state index contributed by atoms with van der Waals surface area (Å²) in [6.07, 6.45) is -1.01. The number of aromatic nitrogens is 2. The van der Waals surface area contributed by atoms with Gasteiger partial charge in [0.1, 0.15) is 35.6 Å². The van der Waals surface area contributed by atoms with Crippen LogP contribution in [0.4, 0.5) is 4.79 Å². The van der Waals surface area contributed by atoms with Crippen molar-refractivity contribution in [3.63, 3.8) is 0 Å². The highest BCUT2D eigenvalue weighted by molar-refractivity contribution is 7.44. The van der Waals surface area contributed by atoms with Crippen molar-refractivity contribution in [2.24, 2.45) is 0 Å². The number of hydrogen-bond acceptors (Lipinski definition) is 15. The van der Waals surface area contributed by atoms with Gasteiger partial charge in [-0.25, -0.2) is 19.2 Å². The van der Waals surface area contributed by atoms with Gasteiger partial charge in [0.05, 0.1) is 75.5 Å². The summed E-state index contributed by atoms with van der Waals surface area (Å²) in [6, 6.07) is 35.0. The van der Waals surface area contributed by atoms with E-state index in [0.717, 1.165) is 33.2 Å². The molecule has 0 saturated carbocycles. The minimum absolute atomic E-state index is 0.0499. The third kappa shape index (κ3) is 11.9. The zero-order valence-electron chi connectivity index (χ0n) is 44.3. The van der Waals surface area contributed by atoms with E-state index < -0.39 is 38.4 Å². The molecule has 18 heteroatoms. The number of cyclic esters (lactones) is 1. The Bertz CT molecular complexity index is 3020. The number of ether oxygens (including phenoxy) is 7. The number of pyridine rings is 2. The second-order valence-corrected chi connectivity index (χ2v) is 20.3. The summed E-state index contributed by atoms with van der Waals surface area (Å²) in [5.74, 6) is 1.14. The van der Waals surface area contributed by atoms with Crippen molar-refractivity contribution in [1.29, 1.82) is 5.26 Å². The van der Waals surface area contributed by atoms with Crippen LogP contribution in [0.2, 0.25) is 0 Å².